The minimum absolute atomic E-state index is 0.451. The van der Waals surface area contributed by atoms with Gasteiger partial charge in [0, 0.05) is 12.7 Å². The van der Waals surface area contributed by atoms with E-state index < -0.39 is 0 Å². The smallest absolute Gasteiger partial charge is 0.164 e. The van der Waals surface area contributed by atoms with Gasteiger partial charge in [-0.3, -0.25) is 4.68 Å². The van der Waals surface area contributed by atoms with Crippen molar-refractivity contribution in [3.63, 3.8) is 0 Å². The van der Waals surface area contributed by atoms with Gasteiger partial charge in [-0.25, -0.2) is 9.97 Å². The molecular formula is C12H14BrClN4. The van der Waals surface area contributed by atoms with Gasteiger partial charge in [-0.1, -0.05) is 24.9 Å². The molecule has 0 N–H and O–H groups in total. The molecule has 0 aromatic carbocycles. The van der Waals surface area contributed by atoms with Gasteiger partial charge in [0.05, 0.1) is 21.9 Å². The molecule has 0 unspecified atom stereocenters. The molecule has 0 atom stereocenters. The van der Waals surface area contributed by atoms with Gasteiger partial charge >= 0.3 is 0 Å². The first-order valence-electron chi connectivity index (χ1n) is 5.75. The third kappa shape index (κ3) is 2.42. The van der Waals surface area contributed by atoms with Crippen LogP contribution in [0.15, 0.2) is 10.7 Å². The molecule has 0 fully saturated rings. The molecule has 4 nitrogen and oxygen atoms in total. The van der Waals surface area contributed by atoms with Crippen LogP contribution in [0.2, 0.25) is 5.15 Å². The van der Waals surface area contributed by atoms with E-state index in [1.54, 1.807) is 10.9 Å². The Morgan fingerprint density at radius 3 is 2.67 bits per heavy atom. The third-order valence-electron chi connectivity index (χ3n) is 2.84. The Bertz CT molecular complexity index is 580. The van der Waals surface area contributed by atoms with Crippen LogP contribution < -0.4 is 0 Å². The van der Waals surface area contributed by atoms with Crippen LogP contribution >= 0.6 is 27.5 Å². The second-order valence-electron chi connectivity index (χ2n) is 4.12. The van der Waals surface area contributed by atoms with Gasteiger partial charge in [0.2, 0.25) is 0 Å². The van der Waals surface area contributed by atoms with E-state index in [0.29, 0.717) is 11.0 Å². The van der Waals surface area contributed by atoms with Crippen molar-refractivity contribution in [1.29, 1.82) is 0 Å². The first-order valence-corrected chi connectivity index (χ1v) is 6.92. The molecule has 96 valence electrons. The fraction of sp³-hybridized carbons (Fsp3) is 0.417. The number of hydrogen-bond donors (Lipinski definition) is 0. The van der Waals surface area contributed by atoms with Gasteiger partial charge in [0.1, 0.15) is 5.15 Å². The standard InChI is InChI=1S/C12H14BrClN4/c1-4-5-9-10(13)11(14)17-12(16-9)8-6-15-18(3)7(8)2/h6H,4-5H2,1-3H3. The van der Waals surface area contributed by atoms with Crippen LogP contribution in [0.4, 0.5) is 0 Å². The normalized spacial score (nSPS) is 10.9. The van der Waals surface area contributed by atoms with Gasteiger partial charge in [-0.2, -0.15) is 5.10 Å². The molecule has 0 bridgehead atoms. The highest BCUT2D eigenvalue weighted by Crippen LogP contribution is 2.28. The highest BCUT2D eigenvalue weighted by atomic mass is 79.9. The Labute approximate surface area is 120 Å². The summed E-state index contributed by atoms with van der Waals surface area (Å²) in [6.45, 7) is 4.10. The number of aryl methyl sites for hydroxylation is 2. The fourth-order valence-corrected chi connectivity index (χ4v) is 2.27. The van der Waals surface area contributed by atoms with Gasteiger partial charge in [0.25, 0.3) is 0 Å². The molecular weight excluding hydrogens is 316 g/mol. The van der Waals surface area contributed by atoms with E-state index in [1.807, 2.05) is 14.0 Å². The van der Waals surface area contributed by atoms with Crippen LogP contribution in [0.3, 0.4) is 0 Å². The summed E-state index contributed by atoms with van der Waals surface area (Å²) in [5.41, 5.74) is 2.89. The molecule has 18 heavy (non-hydrogen) atoms. The predicted octanol–water partition coefficient (Wildman–Crippen LogP) is 3.55. The lowest BCUT2D eigenvalue weighted by atomic mass is 10.2. The summed E-state index contributed by atoms with van der Waals surface area (Å²) in [7, 11) is 1.90. The Morgan fingerprint density at radius 2 is 2.11 bits per heavy atom. The molecule has 6 heteroatoms. The highest BCUT2D eigenvalue weighted by molar-refractivity contribution is 9.10. The maximum Gasteiger partial charge on any atom is 0.164 e. The van der Waals surface area contributed by atoms with Crippen molar-refractivity contribution in [2.75, 3.05) is 0 Å². The van der Waals surface area contributed by atoms with Crippen LogP contribution in [0.5, 0.6) is 0 Å². The number of aromatic nitrogens is 4. The van der Waals surface area contributed by atoms with E-state index in [2.05, 4.69) is 37.9 Å². The Kier molecular flexibility index (Phi) is 4.02. The largest absolute Gasteiger partial charge is 0.272 e. The quantitative estimate of drug-likeness (QED) is 0.809. The second kappa shape index (κ2) is 5.36. The molecule has 0 aliphatic carbocycles. The second-order valence-corrected chi connectivity index (χ2v) is 5.27. The van der Waals surface area contributed by atoms with E-state index in [9.17, 15) is 0 Å². The monoisotopic (exact) mass is 328 g/mol. The average molecular weight is 330 g/mol. The molecule has 2 aromatic heterocycles. The molecule has 0 aliphatic rings. The van der Waals surface area contributed by atoms with Crippen LogP contribution in [-0.4, -0.2) is 19.7 Å². The topological polar surface area (TPSA) is 43.6 Å². The lowest BCUT2D eigenvalue weighted by Gasteiger charge is -2.07. The van der Waals surface area contributed by atoms with Crippen LogP contribution in [0.25, 0.3) is 11.4 Å². The van der Waals surface area contributed by atoms with Gasteiger partial charge in [0.15, 0.2) is 5.82 Å². The van der Waals surface area contributed by atoms with Crippen molar-refractivity contribution in [2.24, 2.45) is 7.05 Å². The van der Waals surface area contributed by atoms with Gasteiger partial charge in [-0.05, 0) is 29.3 Å². The van der Waals surface area contributed by atoms with Crippen molar-refractivity contribution in [1.82, 2.24) is 19.7 Å². The predicted molar refractivity (Wildman–Crippen MR) is 75.7 cm³/mol. The summed E-state index contributed by atoms with van der Waals surface area (Å²) in [4.78, 5) is 8.89. The third-order valence-corrected chi connectivity index (χ3v) is 4.18. The molecule has 2 heterocycles. The van der Waals surface area contributed by atoms with Crippen LogP contribution in [-0.2, 0) is 13.5 Å². The summed E-state index contributed by atoms with van der Waals surface area (Å²) in [6, 6.07) is 0. The first kappa shape index (κ1) is 13.5. The molecule has 2 aromatic rings. The minimum atomic E-state index is 0.451. The lowest BCUT2D eigenvalue weighted by Crippen LogP contribution is -1.99. The summed E-state index contributed by atoms with van der Waals surface area (Å²) in [5.74, 6) is 0.636. The van der Waals surface area contributed by atoms with Crippen molar-refractivity contribution in [2.45, 2.75) is 26.7 Å². The SMILES string of the molecule is CCCc1nc(-c2cnn(C)c2C)nc(Cl)c1Br. The van der Waals surface area contributed by atoms with Crippen LogP contribution in [0.1, 0.15) is 24.7 Å². The Balaban J connectivity index is 2.55. The molecule has 0 radical (unpaired) electrons. The summed E-state index contributed by atoms with van der Waals surface area (Å²) in [6.07, 6.45) is 3.65. The number of rotatable bonds is 3. The van der Waals surface area contributed by atoms with Crippen molar-refractivity contribution >= 4 is 27.5 Å². The fourth-order valence-electron chi connectivity index (χ4n) is 1.70. The van der Waals surface area contributed by atoms with E-state index >= 15 is 0 Å². The minimum Gasteiger partial charge on any atom is -0.272 e. The van der Waals surface area contributed by atoms with E-state index in [1.165, 1.54) is 0 Å². The van der Waals surface area contributed by atoms with Crippen molar-refractivity contribution in [3.8, 4) is 11.4 Å². The number of hydrogen-bond acceptors (Lipinski definition) is 3. The van der Waals surface area contributed by atoms with E-state index in [4.69, 9.17) is 11.6 Å². The average Bonchev–Trinajstić information content (AvgIpc) is 2.66. The first-order chi connectivity index (χ1) is 8.54. The molecule has 0 amide bonds. The molecule has 2 rings (SSSR count). The van der Waals surface area contributed by atoms with Crippen LogP contribution in [0, 0.1) is 6.92 Å². The number of nitrogens with zero attached hydrogens (tertiary/aromatic N) is 4. The van der Waals surface area contributed by atoms with Crippen molar-refractivity contribution < 1.29 is 0 Å². The highest BCUT2D eigenvalue weighted by Gasteiger charge is 2.14. The maximum absolute atomic E-state index is 6.14. The Hall–Kier alpha value is -0.940. The van der Waals surface area contributed by atoms with E-state index in [0.717, 1.165) is 34.3 Å². The zero-order valence-corrected chi connectivity index (χ0v) is 12.9. The lowest BCUT2D eigenvalue weighted by molar-refractivity contribution is 0.740. The maximum atomic E-state index is 6.14. The summed E-state index contributed by atoms with van der Waals surface area (Å²) < 4.78 is 2.59. The molecule has 0 spiro atoms. The molecule has 0 saturated heterocycles. The summed E-state index contributed by atoms with van der Waals surface area (Å²) >= 11 is 9.57. The van der Waals surface area contributed by atoms with E-state index in [-0.39, 0.29) is 0 Å². The summed E-state index contributed by atoms with van der Waals surface area (Å²) in [5, 5.41) is 4.65. The zero-order chi connectivity index (χ0) is 13.3. The molecule has 0 saturated carbocycles. The van der Waals surface area contributed by atoms with Gasteiger partial charge < -0.3 is 0 Å². The van der Waals surface area contributed by atoms with Crippen molar-refractivity contribution in [3.05, 3.63) is 27.2 Å². The molecule has 0 aliphatic heterocycles. The number of halogens is 2. The zero-order valence-electron chi connectivity index (χ0n) is 10.5. The Morgan fingerprint density at radius 1 is 1.39 bits per heavy atom. The van der Waals surface area contributed by atoms with Gasteiger partial charge in [-0.15, -0.1) is 0 Å².